The van der Waals surface area contributed by atoms with Gasteiger partial charge >= 0.3 is 5.97 Å². The number of amides is 1. The van der Waals surface area contributed by atoms with E-state index in [1.807, 2.05) is 24.3 Å². The number of carbonyl (C=O) groups excluding carboxylic acids is 1. The summed E-state index contributed by atoms with van der Waals surface area (Å²) in [6, 6.07) is 7.84. The molecule has 0 heterocycles. The summed E-state index contributed by atoms with van der Waals surface area (Å²) in [7, 11) is 0. The highest BCUT2D eigenvalue weighted by Gasteiger charge is 2.39. The van der Waals surface area contributed by atoms with E-state index in [0.717, 1.165) is 11.1 Å². The Kier molecular flexibility index (Phi) is 2.88. The van der Waals surface area contributed by atoms with E-state index in [-0.39, 0.29) is 12.3 Å². The maximum Gasteiger partial charge on any atom is 0.305 e. The number of fused-ring (bicyclic) bond motifs is 1. The van der Waals surface area contributed by atoms with E-state index < -0.39 is 11.5 Å². The summed E-state index contributed by atoms with van der Waals surface area (Å²) in [6.07, 6.45) is 1.14. The van der Waals surface area contributed by atoms with E-state index in [4.69, 9.17) is 5.11 Å². The number of carboxylic acid groups (broad SMARTS) is 1. The number of aliphatic carboxylic acids is 1. The SMILES string of the molecule is CC(=O)NC1(CC(=O)O)Cc2ccccc2C1. The summed E-state index contributed by atoms with van der Waals surface area (Å²) in [5, 5.41) is 11.8. The molecule has 1 aliphatic carbocycles. The van der Waals surface area contributed by atoms with Crippen LogP contribution in [-0.2, 0) is 22.4 Å². The maximum absolute atomic E-state index is 11.2. The lowest BCUT2D eigenvalue weighted by molar-refractivity contribution is -0.139. The molecule has 0 saturated heterocycles. The van der Waals surface area contributed by atoms with Gasteiger partial charge < -0.3 is 10.4 Å². The first-order valence-electron chi connectivity index (χ1n) is 5.58. The minimum absolute atomic E-state index is 0.0404. The molecule has 1 amide bonds. The van der Waals surface area contributed by atoms with Gasteiger partial charge in [-0.1, -0.05) is 24.3 Å². The van der Waals surface area contributed by atoms with Crippen LogP contribution in [0.3, 0.4) is 0 Å². The van der Waals surface area contributed by atoms with Crippen molar-refractivity contribution in [1.29, 1.82) is 0 Å². The standard InChI is InChI=1S/C13H15NO3/c1-9(15)14-13(8-12(16)17)6-10-4-2-3-5-11(10)7-13/h2-5H,6-8H2,1H3,(H,14,15)(H,16,17). The van der Waals surface area contributed by atoms with Crippen molar-refractivity contribution in [1.82, 2.24) is 5.32 Å². The number of rotatable bonds is 3. The number of carbonyl (C=O) groups is 2. The molecule has 0 atom stereocenters. The molecule has 1 aromatic carbocycles. The maximum atomic E-state index is 11.2. The fraction of sp³-hybridized carbons (Fsp3) is 0.385. The lowest BCUT2D eigenvalue weighted by atomic mass is 9.91. The van der Waals surface area contributed by atoms with Crippen LogP contribution in [0, 0.1) is 0 Å². The highest BCUT2D eigenvalue weighted by Crippen LogP contribution is 2.32. The van der Waals surface area contributed by atoms with Gasteiger partial charge in [-0.05, 0) is 24.0 Å². The van der Waals surface area contributed by atoms with Gasteiger partial charge in [-0.15, -0.1) is 0 Å². The molecule has 90 valence electrons. The molecule has 0 aliphatic heterocycles. The number of hydrogen-bond acceptors (Lipinski definition) is 2. The van der Waals surface area contributed by atoms with Crippen molar-refractivity contribution in [3.05, 3.63) is 35.4 Å². The normalized spacial score (nSPS) is 16.3. The first-order chi connectivity index (χ1) is 8.01. The van der Waals surface area contributed by atoms with E-state index in [2.05, 4.69) is 5.32 Å². The lowest BCUT2D eigenvalue weighted by Crippen LogP contribution is -2.50. The first kappa shape index (κ1) is 11.6. The Labute approximate surface area is 99.6 Å². The Morgan fingerprint density at radius 3 is 2.24 bits per heavy atom. The molecule has 4 nitrogen and oxygen atoms in total. The van der Waals surface area contributed by atoms with Crippen molar-refractivity contribution in [2.45, 2.75) is 31.7 Å². The van der Waals surface area contributed by atoms with E-state index >= 15 is 0 Å². The third-order valence-electron chi connectivity index (χ3n) is 3.11. The van der Waals surface area contributed by atoms with Crippen molar-refractivity contribution < 1.29 is 14.7 Å². The Bertz CT molecular complexity index is 424. The third-order valence-corrected chi connectivity index (χ3v) is 3.11. The molecule has 2 rings (SSSR count). The van der Waals surface area contributed by atoms with Crippen LogP contribution in [0.5, 0.6) is 0 Å². The van der Waals surface area contributed by atoms with Crippen LogP contribution in [-0.4, -0.2) is 22.5 Å². The van der Waals surface area contributed by atoms with Gasteiger partial charge in [-0.2, -0.15) is 0 Å². The molecule has 0 fully saturated rings. The van der Waals surface area contributed by atoms with Gasteiger partial charge in [-0.25, -0.2) is 0 Å². The smallest absolute Gasteiger partial charge is 0.305 e. The van der Waals surface area contributed by atoms with Crippen LogP contribution >= 0.6 is 0 Å². The van der Waals surface area contributed by atoms with Gasteiger partial charge in [0.05, 0.1) is 12.0 Å². The van der Waals surface area contributed by atoms with Gasteiger partial charge in [0, 0.05) is 6.92 Å². The number of nitrogens with one attached hydrogen (secondary N) is 1. The fourth-order valence-corrected chi connectivity index (χ4v) is 2.61. The average molecular weight is 233 g/mol. The number of carboxylic acids is 1. The van der Waals surface area contributed by atoms with Gasteiger partial charge in [0.1, 0.15) is 0 Å². The minimum Gasteiger partial charge on any atom is -0.481 e. The number of hydrogen-bond donors (Lipinski definition) is 2. The second-order valence-electron chi connectivity index (χ2n) is 4.65. The Hall–Kier alpha value is -1.84. The molecule has 1 aromatic rings. The predicted molar refractivity (Wildman–Crippen MR) is 62.7 cm³/mol. The average Bonchev–Trinajstić information content (AvgIpc) is 2.52. The molecule has 4 heteroatoms. The molecule has 0 spiro atoms. The Morgan fingerprint density at radius 1 is 1.29 bits per heavy atom. The largest absolute Gasteiger partial charge is 0.481 e. The van der Waals surface area contributed by atoms with E-state index in [1.165, 1.54) is 6.92 Å². The van der Waals surface area contributed by atoms with Gasteiger partial charge in [-0.3, -0.25) is 9.59 Å². The van der Waals surface area contributed by atoms with Crippen LogP contribution in [0.25, 0.3) is 0 Å². The monoisotopic (exact) mass is 233 g/mol. The minimum atomic E-state index is -0.883. The van der Waals surface area contributed by atoms with Crippen LogP contribution in [0.1, 0.15) is 24.5 Å². The fourth-order valence-electron chi connectivity index (χ4n) is 2.61. The van der Waals surface area contributed by atoms with E-state index in [9.17, 15) is 9.59 Å². The topological polar surface area (TPSA) is 66.4 Å². The van der Waals surface area contributed by atoms with Crippen LogP contribution in [0.2, 0.25) is 0 Å². The van der Waals surface area contributed by atoms with Crippen molar-refractivity contribution in [2.24, 2.45) is 0 Å². The molecule has 0 unspecified atom stereocenters. The molecule has 0 bridgehead atoms. The van der Waals surface area contributed by atoms with Crippen LogP contribution in [0.4, 0.5) is 0 Å². The molecular weight excluding hydrogens is 218 g/mol. The Morgan fingerprint density at radius 2 is 1.82 bits per heavy atom. The summed E-state index contributed by atoms with van der Waals surface area (Å²) < 4.78 is 0. The molecular formula is C13H15NO3. The zero-order valence-electron chi connectivity index (χ0n) is 9.69. The summed E-state index contributed by atoms with van der Waals surface area (Å²) in [6.45, 7) is 1.42. The number of benzene rings is 1. The molecule has 0 aromatic heterocycles. The second kappa shape index (κ2) is 4.20. The molecule has 1 aliphatic rings. The highest BCUT2D eigenvalue weighted by atomic mass is 16.4. The van der Waals surface area contributed by atoms with Crippen molar-refractivity contribution >= 4 is 11.9 Å². The molecule has 2 N–H and O–H groups in total. The van der Waals surface area contributed by atoms with Gasteiger partial charge in [0.2, 0.25) is 5.91 Å². The van der Waals surface area contributed by atoms with E-state index in [0.29, 0.717) is 12.8 Å². The summed E-state index contributed by atoms with van der Waals surface area (Å²) in [4.78, 5) is 22.2. The molecule has 0 saturated carbocycles. The molecule has 17 heavy (non-hydrogen) atoms. The molecule has 0 radical (unpaired) electrons. The summed E-state index contributed by atoms with van der Waals surface area (Å²) in [5.41, 5.74) is 1.60. The van der Waals surface area contributed by atoms with Gasteiger partial charge in [0.15, 0.2) is 0 Å². The van der Waals surface area contributed by atoms with E-state index in [1.54, 1.807) is 0 Å². The van der Waals surface area contributed by atoms with Gasteiger partial charge in [0.25, 0.3) is 0 Å². The predicted octanol–water partition coefficient (Wildman–Crippen LogP) is 1.13. The van der Waals surface area contributed by atoms with Crippen LogP contribution < -0.4 is 5.32 Å². The Balaban J connectivity index is 2.27. The summed E-state index contributed by atoms with van der Waals surface area (Å²) >= 11 is 0. The zero-order chi connectivity index (χ0) is 12.5. The third kappa shape index (κ3) is 2.46. The second-order valence-corrected chi connectivity index (χ2v) is 4.65. The summed E-state index contributed by atoms with van der Waals surface area (Å²) in [5.74, 6) is -1.06. The lowest BCUT2D eigenvalue weighted by Gasteiger charge is -2.28. The van der Waals surface area contributed by atoms with Crippen LogP contribution in [0.15, 0.2) is 24.3 Å². The zero-order valence-corrected chi connectivity index (χ0v) is 9.69. The quantitative estimate of drug-likeness (QED) is 0.822. The highest BCUT2D eigenvalue weighted by molar-refractivity contribution is 5.76. The first-order valence-corrected chi connectivity index (χ1v) is 5.58. The van der Waals surface area contributed by atoms with Crippen molar-refractivity contribution in [3.8, 4) is 0 Å². The van der Waals surface area contributed by atoms with Crippen molar-refractivity contribution in [3.63, 3.8) is 0 Å². The van der Waals surface area contributed by atoms with Crippen molar-refractivity contribution in [2.75, 3.05) is 0 Å².